The molecule has 0 heterocycles. The van der Waals surface area contributed by atoms with Crippen molar-refractivity contribution < 1.29 is 27.1 Å². The molecule has 0 aromatic heterocycles. The summed E-state index contributed by atoms with van der Waals surface area (Å²) in [7, 11) is 0. The minimum atomic E-state index is -1.90. The fourth-order valence-electron chi connectivity index (χ4n) is 1.49. The van der Waals surface area contributed by atoms with Crippen molar-refractivity contribution in [1.29, 1.82) is 0 Å². The van der Waals surface area contributed by atoms with E-state index in [1.54, 1.807) is 0 Å². The van der Waals surface area contributed by atoms with Crippen LogP contribution < -0.4 is 0 Å². The molecule has 0 aliphatic heterocycles. The van der Waals surface area contributed by atoms with Crippen LogP contribution in [0.5, 0.6) is 5.75 Å². The van der Waals surface area contributed by atoms with E-state index < -0.39 is 40.4 Å². The van der Waals surface area contributed by atoms with E-state index in [9.17, 15) is 22.0 Å². The summed E-state index contributed by atoms with van der Waals surface area (Å²) >= 11 is 0. The Balaban J connectivity index is 2.75. The van der Waals surface area contributed by atoms with Crippen LogP contribution in [0.3, 0.4) is 0 Å². The van der Waals surface area contributed by atoms with Crippen molar-refractivity contribution in [3.8, 4) is 16.9 Å². The third kappa shape index (κ3) is 1.79. The molecular weight excluding hydrogens is 255 g/mol. The van der Waals surface area contributed by atoms with E-state index in [1.165, 1.54) is 0 Å². The van der Waals surface area contributed by atoms with Crippen molar-refractivity contribution >= 4 is 0 Å². The van der Waals surface area contributed by atoms with Gasteiger partial charge in [-0.2, -0.15) is 8.78 Å². The summed E-state index contributed by atoms with van der Waals surface area (Å²) in [6.07, 6.45) is 0. The largest absolute Gasteiger partial charge is 0.503 e. The quantitative estimate of drug-likeness (QED) is 0.611. The second kappa shape index (κ2) is 4.29. The normalized spacial score (nSPS) is 10.7. The Morgan fingerprint density at radius 2 is 1.11 bits per heavy atom. The van der Waals surface area contributed by atoms with Crippen molar-refractivity contribution in [3.05, 3.63) is 53.4 Å². The first-order valence-electron chi connectivity index (χ1n) is 4.74. The Bertz CT molecular complexity index is 578. The number of hydrogen-bond acceptors (Lipinski definition) is 1. The summed E-state index contributed by atoms with van der Waals surface area (Å²) in [5, 5.41) is 8.79. The lowest BCUT2D eigenvalue weighted by Crippen LogP contribution is -2.00. The van der Waals surface area contributed by atoms with Crippen LogP contribution in [-0.4, -0.2) is 5.11 Å². The number of benzene rings is 2. The zero-order valence-electron chi connectivity index (χ0n) is 8.65. The predicted octanol–water partition coefficient (Wildman–Crippen LogP) is 3.75. The monoisotopic (exact) mass is 260 g/mol. The minimum Gasteiger partial charge on any atom is -0.503 e. The zero-order chi connectivity index (χ0) is 13.4. The summed E-state index contributed by atoms with van der Waals surface area (Å²) in [6, 6.07) is 3.70. The van der Waals surface area contributed by atoms with Gasteiger partial charge in [-0.05, 0) is 17.7 Å². The average molecular weight is 260 g/mol. The van der Waals surface area contributed by atoms with E-state index >= 15 is 0 Å². The van der Waals surface area contributed by atoms with Crippen LogP contribution in [0.15, 0.2) is 24.3 Å². The molecule has 0 unspecified atom stereocenters. The summed E-state index contributed by atoms with van der Waals surface area (Å²) in [5.74, 6) is -9.66. The zero-order valence-corrected chi connectivity index (χ0v) is 8.65. The smallest absolute Gasteiger partial charge is 0.204 e. The second-order valence-corrected chi connectivity index (χ2v) is 3.49. The van der Waals surface area contributed by atoms with E-state index in [4.69, 9.17) is 5.11 Å². The van der Waals surface area contributed by atoms with Gasteiger partial charge in [0.15, 0.2) is 17.4 Å². The number of halogens is 5. The Morgan fingerprint density at radius 1 is 0.667 bits per heavy atom. The Hall–Kier alpha value is -2.11. The molecule has 0 spiro atoms. The summed E-state index contributed by atoms with van der Waals surface area (Å²) in [4.78, 5) is 0. The van der Waals surface area contributed by atoms with Gasteiger partial charge >= 0.3 is 0 Å². The molecule has 0 aliphatic rings. The van der Waals surface area contributed by atoms with Crippen LogP contribution in [0.2, 0.25) is 0 Å². The van der Waals surface area contributed by atoms with Gasteiger partial charge in [0.05, 0.1) is 5.56 Å². The van der Waals surface area contributed by atoms with E-state index in [0.29, 0.717) is 0 Å². The van der Waals surface area contributed by atoms with Crippen LogP contribution in [0.1, 0.15) is 0 Å². The lowest BCUT2D eigenvalue weighted by molar-refractivity contribution is 0.358. The topological polar surface area (TPSA) is 20.2 Å². The first-order valence-corrected chi connectivity index (χ1v) is 4.74. The molecule has 1 nitrogen and oxygen atoms in total. The molecule has 0 saturated carbocycles. The van der Waals surface area contributed by atoms with E-state index in [1.807, 2.05) is 0 Å². The first kappa shape index (κ1) is 12.3. The van der Waals surface area contributed by atoms with E-state index in [2.05, 4.69) is 0 Å². The van der Waals surface area contributed by atoms with Gasteiger partial charge < -0.3 is 5.11 Å². The molecule has 2 rings (SSSR count). The third-order valence-corrected chi connectivity index (χ3v) is 2.37. The Kier molecular flexibility index (Phi) is 2.94. The molecule has 0 radical (unpaired) electrons. The highest BCUT2D eigenvalue weighted by Crippen LogP contribution is 2.34. The van der Waals surface area contributed by atoms with Crippen molar-refractivity contribution in [2.45, 2.75) is 0 Å². The summed E-state index contributed by atoms with van der Waals surface area (Å²) in [5.41, 5.74) is -1.24. The molecular formula is C12H5F5O. The molecule has 18 heavy (non-hydrogen) atoms. The molecule has 0 fully saturated rings. The highest BCUT2D eigenvalue weighted by molar-refractivity contribution is 5.66. The molecule has 0 amide bonds. The highest BCUT2D eigenvalue weighted by atomic mass is 19.2. The van der Waals surface area contributed by atoms with Gasteiger partial charge in [-0.1, -0.05) is 12.1 Å². The Labute approximate surface area is 98.1 Å². The molecule has 0 bridgehead atoms. The van der Waals surface area contributed by atoms with Crippen molar-refractivity contribution in [2.24, 2.45) is 0 Å². The summed E-state index contributed by atoms with van der Waals surface area (Å²) in [6.45, 7) is 0. The van der Waals surface area contributed by atoms with Gasteiger partial charge in [0.25, 0.3) is 0 Å². The van der Waals surface area contributed by atoms with E-state index in [0.717, 1.165) is 24.3 Å². The van der Waals surface area contributed by atoms with Gasteiger partial charge in [0, 0.05) is 0 Å². The second-order valence-electron chi connectivity index (χ2n) is 3.49. The molecule has 0 saturated heterocycles. The minimum absolute atomic E-state index is 0.246. The van der Waals surface area contributed by atoms with Crippen LogP contribution in [0, 0.1) is 29.1 Å². The van der Waals surface area contributed by atoms with Gasteiger partial charge in [-0.25, -0.2) is 13.2 Å². The van der Waals surface area contributed by atoms with Crippen LogP contribution in [0.25, 0.3) is 11.1 Å². The lowest BCUT2D eigenvalue weighted by atomic mass is 10.0. The maximum absolute atomic E-state index is 13.5. The third-order valence-electron chi connectivity index (χ3n) is 2.37. The lowest BCUT2D eigenvalue weighted by Gasteiger charge is -2.08. The maximum Gasteiger partial charge on any atom is 0.204 e. The SMILES string of the molecule is Oc1c(F)c(F)c(-c2ccc(F)cc2)c(F)c1F. The van der Waals surface area contributed by atoms with E-state index in [-0.39, 0.29) is 5.56 Å². The van der Waals surface area contributed by atoms with Crippen LogP contribution >= 0.6 is 0 Å². The average Bonchev–Trinajstić information content (AvgIpc) is 2.36. The highest BCUT2D eigenvalue weighted by Gasteiger charge is 2.25. The number of phenolic OH excluding ortho intramolecular Hbond substituents is 1. The predicted molar refractivity (Wildman–Crippen MR) is 53.3 cm³/mol. The van der Waals surface area contributed by atoms with Crippen LogP contribution in [-0.2, 0) is 0 Å². The van der Waals surface area contributed by atoms with Crippen molar-refractivity contribution in [3.63, 3.8) is 0 Å². The number of rotatable bonds is 1. The van der Waals surface area contributed by atoms with Gasteiger partial charge in [-0.15, -0.1) is 0 Å². The van der Waals surface area contributed by atoms with Gasteiger partial charge in [-0.3, -0.25) is 0 Å². The molecule has 2 aromatic carbocycles. The number of hydrogen-bond donors (Lipinski definition) is 1. The molecule has 0 aliphatic carbocycles. The van der Waals surface area contributed by atoms with Gasteiger partial charge in [0.2, 0.25) is 11.6 Å². The van der Waals surface area contributed by atoms with Crippen LogP contribution in [0.4, 0.5) is 22.0 Å². The fourth-order valence-corrected chi connectivity index (χ4v) is 1.49. The Morgan fingerprint density at radius 3 is 1.56 bits per heavy atom. The standard InChI is InChI=1S/C12H5F5O/c13-6-3-1-5(2-4-6)7-8(14)10(16)12(18)11(17)9(7)15/h1-4,18H. The molecule has 0 atom stereocenters. The molecule has 94 valence electrons. The summed E-state index contributed by atoms with van der Waals surface area (Å²) < 4.78 is 65.7. The van der Waals surface area contributed by atoms with Crippen molar-refractivity contribution in [2.75, 3.05) is 0 Å². The maximum atomic E-state index is 13.5. The molecule has 6 heteroatoms. The molecule has 2 aromatic rings. The molecule has 1 N–H and O–H groups in total. The number of aromatic hydroxyl groups is 1. The van der Waals surface area contributed by atoms with Gasteiger partial charge in [0.1, 0.15) is 5.82 Å². The number of phenols is 1. The van der Waals surface area contributed by atoms with Crippen molar-refractivity contribution in [1.82, 2.24) is 0 Å². The first-order chi connectivity index (χ1) is 8.43. The fraction of sp³-hybridized carbons (Fsp3) is 0.